The van der Waals surface area contributed by atoms with Crippen molar-refractivity contribution in [3.05, 3.63) is 29.8 Å². The normalized spacial score (nSPS) is 25.4. The van der Waals surface area contributed by atoms with Crippen molar-refractivity contribution >= 4 is 0 Å². The molecule has 88 valence electrons. The molecule has 2 rings (SSSR count). The van der Waals surface area contributed by atoms with Crippen LogP contribution >= 0.6 is 0 Å². The zero-order chi connectivity index (χ0) is 11.4. The van der Waals surface area contributed by atoms with Crippen LogP contribution in [-0.4, -0.2) is 31.5 Å². The summed E-state index contributed by atoms with van der Waals surface area (Å²) in [6, 6.07) is 8.12. The van der Waals surface area contributed by atoms with Crippen molar-refractivity contribution in [1.82, 2.24) is 0 Å². The van der Waals surface area contributed by atoms with Gasteiger partial charge in [0, 0.05) is 5.92 Å². The van der Waals surface area contributed by atoms with E-state index in [-0.39, 0.29) is 12.7 Å². The molecular weight excluding hydrogens is 204 g/mol. The molecule has 0 aliphatic carbocycles. The third-order valence-corrected chi connectivity index (χ3v) is 3.14. The highest BCUT2D eigenvalue weighted by Crippen LogP contribution is 2.29. The highest BCUT2D eigenvalue weighted by atomic mass is 16.5. The van der Waals surface area contributed by atoms with E-state index in [1.165, 1.54) is 5.56 Å². The summed E-state index contributed by atoms with van der Waals surface area (Å²) in [5.41, 5.74) is 1.26. The van der Waals surface area contributed by atoms with Gasteiger partial charge in [0.05, 0.1) is 26.4 Å². The molecule has 0 saturated carbocycles. The topological polar surface area (TPSA) is 38.7 Å². The average molecular weight is 222 g/mol. The van der Waals surface area contributed by atoms with Gasteiger partial charge in [0.25, 0.3) is 0 Å². The molecule has 1 N–H and O–H groups in total. The number of aliphatic hydroxyl groups is 1. The van der Waals surface area contributed by atoms with E-state index < -0.39 is 0 Å². The van der Waals surface area contributed by atoms with Gasteiger partial charge in [-0.1, -0.05) is 12.1 Å². The lowest BCUT2D eigenvalue weighted by molar-refractivity contribution is -0.0270. The zero-order valence-corrected chi connectivity index (χ0v) is 9.56. The lowest BCUT2D eigenvalue weighted by atomic mass is 9.91. The van der Waals surface area contributed by atoms with E-state index >= 15 is 0 Å². The molecule has 1 fully saturated rings. The van der Waals surface area contributed by atoms with Gasteiger partial charge in [0.1, 0.15) is 5.75 Å². The second-order valence-corrected chi connectivity index (χ2v) is 4.19. The Morgan fingerprint density at radius 2 is 2.31 bits per heavy atom. The molecule has 1 aliphatic rings. The molecule has 0 aromatic heterocycles. The fourth-order valence-corrected chi connectivity index (χ4v) is 2.11. The highest BCUT2D eigenvalue weighted by molar-refractivity contribution is 5.31. The summed E-state index contributed by atoms with van der Waals surface area (Å²) in [6.45, 7) is 0.823. The van der Waals surface area contributed by atoms with E-state index in [0.717, 1.165) is 18.6 Å². The fraction of sp³-hybridized carbons (Fsp3) is 0.538. The first-order valence-electron chi connectivity index (χ1n) is 5.70. The van der Waals surface area contributed by atoms with Crippen molar-refractivity contribution in [3.63, 3.8) is 0 Å². The Hall–Kier alpha value is -1.06. The molecule has 0 bridgehead atoms. The molecule has 0 spiro atoms. The summed E-state index contributed by atoms with van der Waals surface area (Å²) in [7, 11) is 1.68. The highest BCUT2D eigenvalue weighted by Gasteiger charge is 2.22. The number of aliphatic hydroxyl groups excluding tert-OH is 1. The molecule has 1 heterocycles. The molecule has 0 radical (unpaired) electrons. The first-order chi connectivity index (χ1) is 7.83. The van der Waals surface area contributed by atoms with E-state index in [9.17, 15) is 0 Å². The maximum Gasteiger partial charge on any atom is 0.119 e. The van der Waals surface area contributed by atoms with E-state index in [1.54, 1.807) is 7.11 Å². The Morgan fingerprint density at radius 1 is 1.44 bits per heavy atom. The second-order valence-electron chi connectivity index (χ2n) is 4.19. The molecule has 1 saturated heterocycles. The van der Waals surface area contributed by atoms with Gasteiger partial charge in [-0.05, 0) is 30.5 Å². The maximum absolute atomic E-state index is 8.99. The SMILES string of the molecule is COc1cccc([C@H]2CC[C@@H](CO)OC2)c1. The molecule has 1 aromatic rings. The Labute approximate surface area is 96.0 Å². The van der Waals surface area contributed by atoms with Gasteiger partial charge in [-0.2, -0.15) is 0 Å². The summed E-state index contributed by atoms with van der Waals surface area (Å²) < 4.78 is 10.8. The summed E-state index contributed by atoms with van der Waals surface area (Å²) in [5.74, 6) is 1.32. The van der Waals surface area contributed by atoms with E-state index in [2.05, 4.69) is 12.1 Å². The molecule has 2 atom stereocenters. The van der Waals surface area contributed by atoms with Crippen LogP contribution in [0.15, 0.2) is 24.3 Å². The Kier molecular flexibility index (Phi) is 3.80. The number of hydrogen-bond donors (Lipinski definition) is 1. The standard InChI is InChI=1S/C13H18O3/c1-15-12-4-2-3-10(7-12)11-5-6-13(8-14)16-9-11/h2-4,7,11,13-14H,5-6,8-9H2,1H3/t11-,13-/m0/s1. The second kappa shape index (κ2) is 5.32. The number of ether oxygens (including phenoxy) is 2. The van der Waals surface area contributed by atoms with Crippen LogP contribution in [0.25, 0.3) is 0 Å². The molecule has 3 nitrogen and oxygen atoms in total. The molecule has 1 aromatic carbocycles. The Bertz CT molecular complexity index is 330. The lowest BCUT2D eigenvalue weighted by Crippen LogP contribution is -2.27. The average Bonchev–Trinajstić information content (AvgIpc) is 2.39. The van der Waals surface area contributed by atoms with Crippen LogP contribution in [0.5, 0.6) is 5.75 Å². The molecule has 0 unspecified atom stereocenters. The van der Waals surface area contributed by atoms with Crippen molar-refractivity contribution in [1.29, 1.82) is 0 Å². The van der Waals surface area contributed by atoms with Crippen LogP contribution in [0.1, 0.15) is 24.3 Å². The minimum Gasteiger partial charge on any atom is -0.497 e. The van der Waals surface area contributed by atoms with Gasteiger partial charge in [0.2, 0.25) is 0 Å². The van der Waals surface area contributed by atoms with Gasteiger partial charge in [-0.15, -0.1) is 0 Å². The van der Waals surface area contributed by atoms with Crippen LogP contribution in [-0.2, 0) is 4.74 Å². The summed E-state index contributed by atoms with van der Waals surface area (Å²) in [6.07, 6.45) is 2.03. The summed E-state index contributed by atoms with van der Waals surface area (Å²) >= 11 is 0. The lowest BCUT2D eigenvalue weighted by Gasteiger charge is -2.28. The Morgan fingerprint density at radius 3 is 2.94 bits per heavy atom. The van der Waals surface area contributed by atoms with Gasteiger partial charge in [-0.25, -0.2) is 0 Å². The predicted molar refractivity (Wildman–Crippen MR) is 61.8 cm³/mol. The zero-order valence-electron chi connectivity index (χ0n) is 9.56. The van der Waals surface area contributed by atoms with E-state index in [1.807, 2.05) is 12.1 Å². The third kappa shape index (κ3) is 2.54. The van der Waals surface area contributed by atoms with Gasteiger partial charge >= 0.3 is 0 Å². The van der Waals surface area contributed by atoms with Crippen LogP contribution in [0.4, 0.5) is 0 Å². The maximum atomic E-state index is 8.99. The summed E-state index contributed by atoms with van der Waals surface area (Å²) in [4.78, 5) is 0. The predicted octanol–water partition coefficient (Wildman–Crippen LogP) is 1.95. The molecular formula is C13H18O3. The first-order valence-corrected chi connectivity index (χ1v) is 5.70. The van der Waals surface area contributed by atoms with E-state index in [4.69, 9.17) is 14.6 Å². The molecule has 0 amide bonds. The number of benzene rings is 1. The smallest absolute Gasteiger partial charge is 0.119 e. The minimum atomic E-state index is 0.0295. The van der Waals surface area contributed by atoms with Gasteiger partial charge in [-0.3, -0.25) is 0 Å². The number of rotatable bonds is 3. The fourth-order valence-electron chi connectivity index (χ4n) is 2.11. The quantitative estimate of drug-likeness (QED) is 0.849. The van der Waals surface area contributed by atoms with Crippen molar-refractivity contribution < 1.29 is 14.6 Å². The monoisotopic (exact) mass is 222 g/mol. The number of hydrogen-bond acceptors (Lipinski definition) is 3. The largest absolute Gasteiger partial charge is 0.497 e. The third-order valence-electron chi connectivity index (χ3n) is 3.14. The molecule has 16 heavy (non-hydrogen) atoms. The van der Waals surface area contributed by atoms with Crippen molar-refractivity contribution in [2.75, 3.05) is 20.3 Å². The molecule has 1 aliphatic heterocycles. The van der Waals surface area contributed by atoms with Gasteiger partial charge < -0.3 is 14.6 Å². The van der Waals surface area contributed by atoms with Crippen LogP contribution in [0, 0.1) is 0 Å². The van der Waals surface area contributed by atoms with Crippen LogP contribution in [0.3, 0.4) is 0 Å². The first kappa shape index (κ1) is 11.4. The summed E-state index contributed by atoms with van der Waals surface area (Å²) in [5, 5.41) is 8.99. The number of methoxy groups -OCH3 is 1. The Balaban J connectivity index is 2.02. The van der Waals surface area contributed by atoms with Gasteiger partial charge in [0.15, 0.2) is 0 Å². The van der Waals surface area contributed by atoms with E-state index in [0.29, 0.717) is 12.5 Å². The van der Waals surface area contributed by atoms with Crippen LogP contribution in [0.2, 0.25) is 0 Å². The van der Waals surface area contributed by atoms with Crippen molar-refractivity contribution in [2.24, 2.45) is 0 Å². The van der Waals surface area contributed by atoms with Crippen molar-refractivity contribution in [3.8, 4) is 5.75 Å². The van der Waals surface area contributed by atoms with Crippen LogP contribution < -0.4 is 4.74 Å². The minimum absolute atomic E-state index is 0.0295. The van der Waals surface area contributed by atoms with Crippen molar-refractivity contribution in [2.45, 2.75) is 24.9 Å². The molecule has 3 heteroatoms.